The lowest BCUT2D eigenvalue weighted by Gasteiger charge is -1.79. The molecular formula is C7H13NO3. The van der Waals surface area contributed by atoms with Crippen molar-refractivity contribution in [2.24, 2.45) is 5.16 Å². The predicted molar refractivity (Wildman–Crippen MR) is 41.6 cm³/mol. The molecule has 11 heavy (non-hydrogen) atoms. The zero-order chi connectivity index (χ0) is 8.53. The van der Waals surface area contributed by atoms with Crippen LogP contribution in [0, 0.1) is 0 Å². The number of hydrogen-bond acceptors (Lipinski definition) is 3. The maximum atomic E-state index is 9.60. The van der Waals surface area contributed by atoms with Crippen LogP contribution in [-0.4, -0.2) is 23.9 Å². The summed E-state index contributed by atoms with van der Waals surface area (Å²) in [6.07, 6.45) is 3.77. The molecule has 1 N–H and O–H groups in total. The molecule has 4 heteroatoms. The minimum absolute atomic E-state index is 0.292. The summed E-state index contributed by atoms with van der Waals surface area (Å²) in [7, 11) is 0. The number of aliphatic carboxylic acids is 1. The van der Waals surface area contributed by atoms with Crippen molar-refractivity contribution in [1.29, 1.82) is 0 Å². The molecule has 1 rings (SSSR count). The SMILES string of the molecule is C1=NOCC1.CCCC(=O)O. The number of nitrogens with zero attached hydrogens (tertiary/aromatic N) is 1. The van der Waals surface area contributed by atoms with Gasteiger partial charge in [0.05, 0.1) is 0 Å². The third-order valence-corrected chi connectivity index (χ3v) is 0.951. The summed E-state index contributed by atoms with van der Waals surface area (Å²) >= 11 is 0. The average molecular weight is 159 g/mol. The highest BCUT2D eigenvalue weighted by molar-refractivity contribution is 5.66. The van der Waals surface area contributed by atoms with Gasteiger partial charge in [-0.15, -0.1) is 0 Å². The van der Waals surface area contributed by atoms with E-state index in [0.717, 1.165) is 19.4 Å². The van der Waals surface area contributed by atoms with E-state index in [1.807, 2.05) is 6.92 Å². The Bertz CT molecular complexity index is 128. The lowest BCUT2D eigenvalue weighted by molar-refractivity contribution is -0.137. The lowest BCUT2D eigenvalue weighted by atomic mass is 10.4. The maximum absolute atomic E-state index is 9.60. The van der Waals surface area contributed by atoms with Crippen molar-refractivity contribution in [1.82, 2.24) is 0 Å². The number of carboxylic acids is 1. The zero-order valence-corrected chi connectivity index (χ0v) is 6.62. The second-order valence-electron chi connectivity index (χ2n) is 2.05. The van der Waals surface area contributed by atoms with E-state index in [-0.39, 0.29) is 0 Å². The van der Waals surface area contributed by atoms with Crippen molar-refractivity contribution in [2.45, 2.75) is 26.2 Å². The molecule has 0 bridgehead atoms. The van der Waals surface area contributed by atoms with Gasteiger partial charge < -0.3 is 9.94 Å². The van der Waals surface area contributed by atoms with Crippen molar-refractivity contribution in [3.05, 3.63) is 0 Å². The summed E-state index contributed by atoms with van der Waals surface area (Å²) in [5, 5.41) is 11.4. The fraction of sp³-hybridized carbons (Fsp3) is 0.714. The fourth-order valence-corrected chi connectivity index (χ4v) is 0.477. The zero-order valence-electron chi connectivity index (χ0n) is 6.62. The summed E-state index contributed by atoms with van der Waals surface area (Å²) in [6, 6.07) is 0. The van der Waals surface area contributed by atoms with E-state index in [1.54, 1.807) is 6.21 Å². The van der Waals surface area contributed by atoms with E-state index in [1.165, 1.54) is 0 Å². The molecule has 0 aromatic carbocycles. The highest BCUT2D eigenvalue weighted by atomic mass is 16.6. The molecule has 0 saturated heterocycles. The van der Waals surface area contributed by atoms with Gasteiger partial charge in [0, 0.05) is 19.1 Å². The van der Waals surface area contributed by atoms with Crippen molar-refractivity contribution in [3.63, 3.8) is 0 Å². The first-order chi connectivity index (χ1) is 5.27. The molecule has 0 aromatic heterocycles. The Morgan fingerprint density at radius 2 is 2.55 bits per heavy atom. The van der Waals surface area contributed by atoms with Crippen LogP contribution in [0.5, 0.6) is 0 Å². The van der Waals surface area contributed by atoms with Gasteiger partial charge in [0.15, 0.2) is 0 Å². The van der Waals surface area contributed by atoms with Gasteiger partial charge in [-0.3, -0.25) is 4.79 Å². The Kier molecular flexibility index (Phi) is 6.37. The normalized spacial score (nSPS) is 13.2. The minimum atomic E-state index is -0.711. The topological polar surface area (TPSA) is 58.9 Å². The second-order valence-corrected chi connectivity index (χ2v) is 2.05. The van der Waals surface area contributed by atoms with E-state index < -0.39 is 5.97 Å². The molecule has 0 spiro atoms. The number of hydrogen-bond donors (Lipinski definition) is 1. The molecule has 4 nitrogen and oxygen atoms in total. The first kappa shape index (κ1) is 9.94. The maximum Gasteiger partial charge on any atom is 0.303 e. The smallest absolute Gasteiger partial charge is 0.303 e. The van der Waals surface area contributed by atoms with Gasteiger partial charge in [-0.05, 0) is 6.42 Å². The van der Waals surface area contributed by atoms with Gasteiger partial charge in [0.2, 0.25) is 0 Å². The molecule has 0 amide bonds. The van der Waals surface area contributed by atoms with E-state index >= 15 is 0 Å². The van der Waals surface area contributed by atoms with Crippen molar-refractivity contribution in [3.8, 4) is 0 Å². The Labute approximate surface area is 65.8 Å². The lowest BCUT2D eigenvalue weighted by Crippen LogP contribution is -1.90. The molecule has 1 heterocycles. The van der Waals surface area contributed by atoms with Crippen LogP contribution in [0.2, 0.25) is 0 Å². The van der Waals surface area contributed by atoms with Gasteiger partial charge in [-0.25, -0.2) is 0 Å². The molecule has 0 fully saturated rings. The Morgan fingerprint density at radius 1 is 1.82 bits per heavy atom. The van der Waals surface area contributed by atoms with Crippen LogP contribution in [0.4, 0.5) is 0 Å². The first-order valence-electron chi connectivity index (χ1n) is 3.63. The third kappa shape index (κ3) is 8.94. The molecule has 64 valence electrons. The quantitative estimate of drug-likeness (QED) is 0.659. The largest absolute Gasteiger partial charge is 0.481 e. The Balaban J connectivity index is 0.000000183. The second kappa shape index (κ2) is 7.05. The highest BCUT2D eigenvalue weighted by Crippen LogP contribution is 1.86. The fourth-order valence-electron chi connectivity index (χ4n) is 0.477. The molecule has 0 unspecified atom stereocenters. The van der Waals surface area contributed by atoms with Crippen LogP contribution < -0.4 is 0 Å². The van der Waals surface area contributed by atoms with Crippen molar-refractivity contribution < 1.29 is 14.7 Å². The number of oxime groups is 1. The molecular weight excluding hydrogens is 146 g/mol. The van der Waals surface area contributed by atoms with Crippen molar-refractivity contribution in [2.75, 3.05) is 6.61 Å². The van der Waals surface area contributed by atoms with Crippen LogP contribution in [0.15, 0.2) is 5.16 Å². The van der Waals surface area contributed by atoms with E-state index in [4.69, 9.17) is 5.11 Å². The predicted octanol–water partition coefficient (Wildman–Crippen LogP) is 1.26. The number of carboxylic acid groups (broad SMARTS) is 1. The standard InChI is InChI=1S/C4H8O2.C3H5NO/c1-2-3-4(5)6;1-2-4-5-3-1/h2-3H2,1H3,(H,5,6);2H,1,3H2. The van der Waals surface area contributed by atoms with Gasteiger partial charge in [-0.2, -0.15) is 0 Å². The van der Waals surface area contributed by atoms with E-state index in [0.29, 0.717) is 6.42 Å². The first-order valence-corrected chi connectivity index (χ1v) is 3.63. The summed E-state index contributed by atoms with van der Waals surface area (Å²) < 4.78 is 0. The van der Waals surface area contributed by atoms with Crippen LogP contribution >= 0.6 is 0 Å². The third-order valence-electron chi connectivity index (χ3n) is 0.951. The highest BCUT2D eigenvalue weighted by Gasteiger charge is 1.87. The van der Waals surface area contributed by atoms with Crippen LogP contribution in [0.1, 0.15) is 26.2 Å². The summed E-state index contributed by atoms with van der Waals surface area (Å²) in [4.78, 5) is 14.1. The van der Waals surface area contributed by atoms with E-state index in [9.17, 15) is 4.79 Å². The van der Waals surface area contributed by atoms with Gasteiger partial charge in [-0.1, -0.05) is 12.1 Å². The molecule has 0 atom stereocenters. The van der Waals surface area contributed by atoms with Crippen molar-refractivity contribution >= 4 is 12.2 Å². The van der Waals surface area contributed by atoms with Gasteiger partial charge in [0.1, 0.15) is 6.61 Å². The molecule has 0 radical (unpaired) electrons. The molecule has 0 aromatic rings. The van der Waals surface area contributed by atoms with Gasteiger partial charge in [0.25, 0.3) is 0 Å². The van der Waals surface area contributed by atoms with Gasteiger partial charge >= 0.3 is 5.97 Å². The minimum Gasteiger partial charge on any atom is -0.481 e. The van der Waals surface area contributed by atoms with Crippen LogP contribution in [0.3, 0.4) is 0 Å². The van der Waals surface area contributed by atoms with E-state index in [2.05, 4.69) is 9.99 Å². The summed E-state index contributed by atoms with van der Waals surface area (Å²) in [6.45, 7) is 2.62. The summed E-state index contributed by atoms with van der Waals surface area (Å²) in [5.41, 5.74) is 0. The molecule has 0 aliphatic carbocycles. The number of carbonyl (C=O) groups is 1. The Morgan fingerprint density at radius 3 is 2.64 bits per heavy atom. The molecule has 0 saturated carbocycles. The molecule has 1 aliphatic heterocycles. The Hall–Kier alpha value is -1.06. The monoisotopic (exact) mass is 159 g/mol. The number of rotatable bonds is 2. The molecule has 1 aliphatic rings. The average Bonchev–Trinajstić information content (AvgIpc) is 2.41. The summed E-state index contributed by atoms with van der Waals surface area (Å²) in [5.74, 6) is -0.711. The van der Waals surface area contributed by atoms with Crippen LogP contribution in [-0.2, 0) is 9.63 Å². The van der Waals surface area contributed by atoms with Crippen LogP contribution in [0.25, 0.3) is 0 Å².